The Morgan fingerprint density at radius 2 is 1.90 bits per heavy atom. The van der Waals surface area contributed by atoms with E-state index in [1.165, 1.54) is 4.90 Å². The van der Waals surface area contributed by atoms with Gasteiger partial charge in [-0.3, -0.25) is 19.7 Å². The van der Waals surface area contributed by atoms with Gasteiger partial charge in [0.2, 0.25) is 11.8 Å². The fourth-order valence-corrected chi connectivity index (χ4v) is 2.08. The first-order valence-corrected chi connectivity index (χ1v) is 6.80. The largest absolute Gasteiger partial charge is 0.491 e. The van der Waals surface area contributed by atoms with Gasteiger partial charge in [0.15, 0.2) is 0 Å². The van der Waals surface area contributed by atoms with Gasteiger partial charge in [-0.15, -0.1) is 0 Å². The Kier molecular flexibility index (Phi) is 4.26. The Labute approximate surface area is 123 Å². The van der Waals surface area contributed by atoms with Crippen molar-refractivity contribution in [2.45, 2.75) is 32.9 Å². The van der Waals surface area contributed by atoms with Gasteiger partial charge in [-0.2, -0.15) is 0 Å². The third kappa shape index (κ3) is 3.39. The number of rotatable bonds is 3. The molecule has 0 bridgehead atoms. The van der Waals surface area contributed by atoms with Crippen LogP contribution in [-0.2, 0) is 9.59 Å². The average Bonchev–Trinajstić information content (AvgIpc) is 2.42. The maximum atomic E-state index is 12.4. The molecular formula is C15H18N2O4. The van der Waals surface area contributed by atoms with E-state index in [1.807, 2.05) is 13.8 Å². The molecule has 0 aromatic heterocycles. The smallest absolute Gasteiger partial charge is 0.254 e. The zero-order chi connectivity index (χ0) is 15.6. The van der Waals surface area contributed by atoms with Crippen molar-refractivity contribution in [2.24, 2.45) is 0 Å². The van der Waals surface area contributed by atoms with E-state index in [2.05, 4.69) is 5.32 Å². The van der Waals surface area contributed by atoms with Gasteiger partial charge in [-0.05, 0) is 45.0 Å². The van der Waals surface area contributed by atoms with Gasteiger partial charge in [0.25, 0.3) is 5.91 Å². The van der Waals surface area contributed by atoms with E-state index in [9.17, 15) is 14.4 Å². The standard InChI is InChI=1S/C15H18N2O4/c1-9(2)21-12-6-4-11(5-7-12)15(20)17-8-13(18)16-14(19)10(17)3/h4-7,9-10H,8H2,1-3H3,(H,16,18,19). The molecule has 0 spiro atoms. The molecule has 1 aromatic rings. The first-order valence-electron chi connectivity index (χ1n) is 6.80. The maximum absolute atomic E-state index is 12.4. The summed E-state index contributed by atoms with van der Waals surface area (Å²) in [5.41, 5.74) is 0.417. The number of hydrogen-bond donors (Lipinski definition) is 1. The molecule has 6 heteroatoms. The van der Waals surface area contributed by atoms with Crippen LogP contribution in [0.4, 0.5) is 0 Å². The molecule has 1 aromatic carbocycles. The third-order valence-corrected chi connectivity index (χ3v) is 3.16. The highest BCUT2D eigenvalue weighted by Gasteiger charge is 2.33. The van der Waals surface area contributed by atoms with Crippen LogP contribution in [0.15, 0.2) is 24.3 Å². The molecule has 1 aliphatic heterocycles. The zero-order valence-electron chi connectivity index (χ0n) is 12.3. The highest BCUT2D eigenvalue weighted by Crippen LogP contribution is 2.17. The summed E-state index contributed by atoms with van der Waals surface area (Å²) in [7, 11) is 0. The number of carbonyl (C=O) groups excluding carboxylic acids is 3. The van der Waals surface area contributed by atoms with Gasteiger partial charge in [0.1, 0.15) is 18.3 Å². The van der Waals surface area contributed by atoms with E-state index in [0.717, 1.165) is 0 Å². The summed E-state index contributed by atoms with van der Waals surface area (Å²) in [6.07, 6.45) is 0.0509. The summed E-state index contributed by atoms with van der Waals surface area (Å²) in [6.45, 7) is 5.31. The molecule has 1 aliphatic rings. The fourth-order valence-electron chi connectivity index (χ4n) is 2.08. The van der Waals surface area contributed by atoms with Crippen molar-refractivity contribution in [3.63, 3.8) is 0 Å². The molecular weight excluding hydrogens is 272 g/mol. The molecule has 1 fully saturated rings. The fraction of sp³-hybridized carbons (Fsp3) is 0.400. The molecule has 1 saturated heterocycles. The number of nitrogens with one attached hydrogen (secondary N) is 1. The summed E-state index contributed by atoms with van der Waals surface area (Å²) < 4.78 is 5.51. The number of benzene rings is 1. The Balaban J connectivity index is 2.15. The van der Waals surface area contributed by atoms with Gasteiger partial charge >= 0.3 is 0 Å². The molecule has 3 amide bonds. The Morgan fingerprint density at radius 3 is 2.48 bits per heavy atom. The summed E-state index contributed by atoms with van der Waals surface area (Å²) in [5, 5.41) is 2.20. The van der Waals surface area contributed by atoms with Crippen LogP contribution in [-0.4, -0.2) is 41.3 Å². The molecule has 1 atom stereocenters. The van der Waals surface area contributed by atoms with Gasteiger partial charge in [-0.25, -0.2) is 0 Å². The van der Waals surface area contributed by atoms with E-state index >= 15 is 0 Å². The molecule has 1 unspecified atom stereocenters. The molecule has 1 N–H and O–H groups in total. The summed E-state index contributed by atoms with van der Waals surface area (Å²) in [6, 6.07) is 5.99. The van der Waals surface area contributed by atoms with Crippen LogP contribution >= 0.6 is 0 Å². The normalized spacial score (nSPS) is 18.7. The van der Waals surface area contributed by atoms with Crippen molar-refractivity contribution in [2.75, 3.05) is 6.54 Å². The zero-order valence-corrected chi connectivity index (χ0v) is 12.3. The maximum Gasteiger partial charge on any atom is 0.254 e. The lowest BCUT2D eigenvalue weighted by Crippen LogP contribution is -2.58. The predicted molar refractivity (Wildman–Crippen MR) is 75.9 cm³/mol. The first kappa shape index (κ1) is 15.0. The highest BCUT2D eigenvalue weighted by molar-refractivity contribution is 6.07. The predicted octanol–water partition coefficient (Wildman–Crippen LogP) is 0.961. The summed E-state index contributed by atoms with van der Waals surface area (Å²) in [5.74, 6) is -0.602. The van der Waals surface area contributed by atoms with Crippen molar-refractivity contribution < 1.29 is 19.1 Å². The Bertz CT molecular complexity index is 566. The number of carbonyl (C=O) groups is 3. The minimum Gasteiger partial charge on any atom is -0.491 e. The molecule has 0 saturated carbocycles. The summed E-state index contributed by atoms with van der Waals surface area (Å²) >= 11 is 0. The van der Waals surface area contributed by atoms with Gasteiger partial charge in [0, 0.05) is 5.56 Å². The second kappa shape index (κ2) is 5.95. The van der Waals surface area contributed by atoms with Crippen LogP contribution < -0.4 is 10.1 Å². The lowest BCUT2D eigenvalue weighted by molar-refractivity contribution is -0.138. The number of ether oxygens (including phenoxy) is 1. The minimum atomic E-state index is -0.665. The Morgan fingerprint density at radius 1 is 1.29 bits per heavy atom. The van der Waals surface area contributed by atoms with E-state index in [4.69, 9.17) is 4.74 Å². The number of piperazine rings is 1. The van der Waals surface area contributed by atoms with Crippen LogP contribution in [0.2, 0.25) is 0 Å². The van der Waals surface area contributed by atoms with Crippen molar-refractivity contribution in [3.8, 4) is 5.75 Å². The van der Waals surface area contributed by atoms with E-state index < -0.39 is 17.9 Å². The van der Waals surface area contributed by atoms with E-state index in [1.54, 1.807) is 31.2 Å². The molecule has 6 nitrogen and oxygen atoms in total. The van der Waals surface area contributed by atoms with Gasteiger partial charge in [-0.1, -0.05) is 0 Å². The molecule has 1 heterocycles. The Hall–Kier alpha value is -2.37. The van der Waals surface area contributed by atoms with E-state index in [-0.39, 0.29) is 18.6 Å². The number of imide groups is 1. The number of nitrogens with zero attached hydrogens (tertiary/aromatic N) is 1. The average molecular weight is 290 g/mol. The quantitative estimate of drug-likeness (QED) is 0.841. The monoisotopic (exact) mass is 290 g/mol. The van der Waals surface area contributed by atoms with E-state index in [0.29, 0.717) is 11.3 Å². The molecule has 2 rings (SSSR count). The molecule has 0 radical (unpaired) electrons. The van der Waals surface area contributed by atoms with Crippen molar-refractivity contribution in [1.29, 1.82) is 0 Å². The highest BCUT2D eigenvalue weighted by atomic mass is 16.5. The van der Waals surface area contributed by atoms with Gasteiger partial charge in [0.05, 0.1) is 6.10 Å². The van der Waals surface area contributed by atoms with Crippen molar-refractivity contribution >= 4 is 17.7 Å². The second-order valence-electron chi connectivity index (χ2n) is 5.21. The van der Waals surface area contributed by atoms with Crippen molar-refractivity contribution in [3.05, 3.63) is 29.8 Å². The summed E-state index contributed by atoms with van der Waals surface area (Å²) in [4.78, 5) is 36.6. The van der Waals surface area contributed by atoms with Crippen LogP contribution in [0, 0.1) is 0 Å². The molecule has 112 valence electrons. The minimum absolute atomic E-state index is 0.0509. The lowest BCUT2D eigenvalue weighted by Gasteiger charge is -2.31. The van der Waals surface area contributed by atoms with Crippen LogP contribution in [0.25, 0.3) is 0 Å². The molecule has 21 heavy (non-hydrogen) atoms. The van der Waals surface area contributed by atoms with Crippen LogP contribution in [0.5, 0.6) is 5.75 Å². The number of hydrogen-bond acceptors (Lipinski definition) is 4. The second-order valence-corrected chi connectivity index (χ2v) is 5.21. The van der Waals surface area contributed by atoms with Gasteiger partial charge < -0.3 is 9.64 Å². The van der Waals surface area contributed by atoms with Crippen LogP contribution in [0.3, 0.4) is 0 Å². The lowest BCUT2D eigenvalue weighted by atomic mass is 10.1. The SMILES string of the molecule is CC(C)Oc1ccc(C(=O)N2CC(=O)NC(=O)C2C)cc1. The number of amides is 3. The third-order valence-electron chi connectivity index (χ3n) is 3.16. The first-order chi connectivity index (χ1) is 9.88. The molecule has 0 aliphatic carbocycles. The topological polar surface area (TPSA) is 75.7 Å². The van der Waals surface area contributed by atoms with Crippen LogP contribution in [0.1, 0.15) is 31.1 Å². The van der Waals surface area contributed by atoms with Crippen molar-refractivity contribution in [1.82, 2.24) is 10.2 Å².